The molecule has 404 valence electrons. The van der Waals surface area contributed by atoms with E-state index in [1.54, 1.807) is 0 Å². The van der Waals surface area contributed by atoms with Crippen LogP contribution in [0.15, 0.2) is 123 Å². The van der Waals surface area contributed by atoms with Gasteiger partial charge in [0.15, 0.2) is 93.1 Å². The minimum atomic E-state index is -2.62. The van der Waals surface area contributed by atoms with Gasteiger partial charge in [-0.05, 0) is 78.9 Å². The van der Waals surface area contributed by atoms with Crippen LogP contribution in [0.4, 0.5) is 87.8 Å². The summed E-state index contributed by atoms with van der Waals surface area (Å²) in [6, 6.07) is 2.01. The Bertz CT molecular complexity index is 4270. The number of rotatable bonds is 4. The van der Waals surface area contributed by atoms with Crippen LogP contribution in [0.3, 0.4) is 0 Å². The van der Waals surface area contributed by atoms with E-state index in [-0.39, 0.29) is 17.1 Å². The highest BCUT2D eigenvalue weighted by Crippen LogP contribution is 2.41. The van der Waals surface area contributed by atoms with E-state index in [1.807, 2.05) is 0 Å². The highest BCUT2D eigenvalue weighted by atomic mass is 19.2. The fourth-order valence-corrected chi connectivity index (χ4v) is 9.16. The number of aliphatic imine (C=N–C) groups is 3. The van der Waals surface area contributed by atoms with E-state index < -0.39 is 212 Å². The molecule has 0 amide bonds. The van der Waals surface area contributed by atoms with E-state index >= 15 is 70.2 Å². The predicted octanol–water partition coefficient (Wildman–Crippen LogP) is 12.1. The summed E-state index contributed by atoms with van der Waals surface area (Å²) in [6.45, 7) is 0. The quantitative estimate of drug-likeness (QED) is 0.0918. The second-order valence-corrected chi connectivity index (χ2v) is 17.4. The number of nitrogens with one attached hydrogen (secondary N) is 3. The zero-order valence-electron chi connectivity index (χ0n) is 38.6. The first-order chi connectivity index (χ1) is 38.0. The van der Waals surface area contributed by atoms with E-state index in [2.05, 4.69) is 30.3 Å². The van der Waals surface area contributed by atoms with Crippen LogP contribution in [0.2, 0.25) is 0 Å². The van der Waals surface area contributed by atoms with Crippen molar-refractivity contribution < 1.29 is 87.8 Å². The summed E-state index contributed by atoms with van der Waals surface area (Å²) >= 11 is 0. The van der Waals surface area contributed by atoms with Gasteiger partial charge in [0.05, 0.1) is 62.5 Å². The molecule has 11 rings (SSSR count). The van der Waals surface area contributed by atoms with Gasteiger partial charge in [-0.3, -0.25) is 0 Å². The van der Waals surface area contributed by atoms with Gasteiger partial charge in [-0.1, -0.05) is 6.08 Å². The first-order valence-electron chi connectivity index (χ1n) is 22.4. The van der Waals surface area contributed by atoms with Crippen molar-refractivity contribution in [2.24, 2.45) is 15.0 Å². The molecule has 7 heterocycles. The molecule has 0 saturated carbocycles. The number of aromatic amines is 2. The van der Waals surface area contributed by atoms with Crippen LogP contribution in [-0.2, 0) is 0 Å². The number of nitrogens with zero attached hydrogens (tertiary/aromatic N) is 3. The lowest BCUT2D eigenvalue weighted by atomic mass is 9.98. The number of benzene rings is 4. The molecule has 1 unspecified atom stereocenters. The summed E-state index contributed by atoms with van der Waals surface area (Å²) in [5, 5.41) is 1.25. The molecule has 2 aromatic heterocycles. The lowest BCUT2D eigenvalue weighted by Gasteiger charge is -2.16. The third-order valence-electron chi connectivity index (χ3n) is 12.7. The molecule has 0 saturated heterocycles. The second-order valence-electron chi connectivity index (χ2n) is 17.4. The smallest absolute Gasteiger partial charge is 0.200 e. The average Bonchev–Trinajstić information content (AvgIpc) is 4.36. The summed E-state index contributed by atoms with van der Waals surface area (Å²) in [6.07, 6.45) is 10.1. The molecule has 80 heavy (non-hydrogen) atoms. The summed E-state index contributed by atoms with van der Waals surface area (Å²) in [5.74, 6) is -49.9. The lowest BCUT2D eigenvalue weighted by molar-refractivity contribution is 0.376. The van der Waals surface area contributed by atoms with Crippen LogP contribution in [-0.4, -0.2) is 33.1 Å². The van der Waals surface area contributed by atoms with Gasteiger partial charge < -0.3 is 15.3 Å². The van der Waals surface area contributed by atoms with Gasteiger partial charge in [0.1, 0.15) is 0 Å². The van der Waals surface area contributed by atoms with Crippen molar-refractivity contribution in [2.75, 3.05) is 0 Å². The standard InChI is InChI=1S/C54H18F20N6/c55-35-31(36(56)44(64)51(71)43(35)63)27-19-5-1-15(75-19)13-16-2-6-20(76-16)28(32-37(57)45(65)52(72)46(66)38(32)58)25-11-12-26(80-25)30(34-41(61)49(69)54(74)50(70)42(34)62)22-8-4-18(78-22)14-17-3-7-21(77-17)29(24-10-9-23(27)79-24)33-39(59)47(67)53(73)48(68)40(33)60/h1-15,75,79-80H/b16-13+,18-14-,27-19+,28-25+,29-21+,30-26+. The van der Waals surface area contributed by atoms with Crippen molar-refractivity contribution in [3.8, 4) is 0 Å². The molecule has 1 atom stereocenters. The molecule has 4 aromatic carbocycles. The van der Waals surface area contributed by atoms with Crippen molar-refractivity contribution in [1.29, 1.82) is 0 Å². The van der Waals surface area contributed by atoms with Gasteiger partial charge >= 0.3 is 0 Å². The Morgan fingerprint density at radius 3 is 1.15 bits per heavy atom. The summed E-state index contributed by atoms with van der Waals surface area (Å²) in [4.78, 5) is 17.5. The number of hydrogen-bond acceptors (Lipinski definition) is 4. The summed E-state index contributed by atoms with van der Waals surface area (Å²) in [7, 11) is 0. The maximum Gasteiger partial charge on any atom is 0.200 e. The largest absolute Gasteiger partial charge is 0.375 e. The molecule has 0 aliphatic carbocycles. The molecule has 3 N–H and O–H groups in total. The fraction of sp³-hybridized carbons (Fsp3) is 0.0185. The maximum absolute atomic E-state index is 15.9. The molecular formula is C54H18F20N6. The van der Waals surface area contributed by atoms with Gasteiger partial charge in [0.2, 0.25) is 23.3 Å². The molecule has 0 fully saturated rings. The van der Waals surface area contributed by atoms with Gasteiger partial charge in [-0.15, -0.1) is 0 Å². The van der Waals surface area contributed by atoms with E-state index in [9.17, 15) is 17.6 Å². The normalized spacial score (nSPS) is 21.2. The predicted molar refractivity (Wildman–Crippen MR) is 245 cm³/mol. The van der Waals surface area contributed by atoms with Gasteiger partial charge in [-0.2, -0.15) is 0 Å². The third-order valence-corrected chi connectivity index (χ3v) is 12.7. The van der Waals surface area contributed by atoms with E-state index in [0.29, 0.717) is 0 Å². The minimum Gasteiger partial charge on any atom is -0.375 e. The Morgan fingerprint density at radius 1 is 0.325 bits per heavy atom. The monoisotopic (exact) mass is 1130 g/mol. The topological polar surface area (TPSA) is 80.7 Å². The van der Waals surface area contributed by atoms with Crippen LogP contribution in [0.5, 0.6) is 0 Å². The Morgan fingerprint density at radius 2 is 0.700 bits per heavy atom. The molecule has 6 aromatic rings. The number of H-pyrrole nitrogens is 2. The Kier molecular flexibility index (Phi) is 12.6. The number of hydrogen-bond donors (Lipinski definition) is 3. The number of aromatic nitrogens is 2. The third kappa shape index (κ3) is 8.09. The first kappa shape index (κ1) is 52.6. The highest BCUT2D eigenvalue weighted by molar-refractivity contribution is 6.31. The van der Waals surface area contributed by atoms with Gasteiger partial charge in [-0.25, -0.2) is 103 Å². The average molecular weight is 1130 g/mol. The Balaban J connectivity index is 1.24. The number of allylic oxidation sites excluding steroid dienone is 8. The molecule has 6 nitrogen and oxygen atoms in total. The highest BCUT2D eigenvalue weighted by Gasteiger charge is 2.37. The summed E-state index contributed by atoms with van der Waals surface area (Å²) in [5.41, 5.74) is -15.5. The van der Waals surface area contributed by atoms with Crippen LogP contribution in [0.1, 0.15) is 33.6 Å². The van der Waals surface area contributed by atoms with Crippen LogP contribution >= 0.6 is 0 Å². The van der Waals surface area contributed by atoms with Crippen molar-refractivity contribution in [3.05, 3.63) is 268 Å². The molecule has 0 spiro atoms. The van der Waals surface area contributed by atoms with Crippen molar-refractivity contribution >= 4 is 39.4 Å². The fourth-order valence-electron chi connectivity index (χ4n) is 9.16. The summed E-state index contributed by atoms with van der Waals surface area (Å²) < 4.78 is 305. The van der Waals surface area contributed by atoms with E-state index in [1.165, 1.54) is 0 Å². The maximum atomic E-state index is 15.9. The molecular weight excluding hydrogens is 1110 g/mol. The zero-order valence-corrected chi connectivity index (χ0v) is 38.6. The van der Waals surface area contributed by atoms with Gasteiger partial charge in [0, 0.05) is 50.1 Å². The van der Waals surface area contributed by atoms with Crippen LogP contribution in [0.25, 0.3) is 22.3 Å². The SMILES string of the molecule is Fc1c(F)c(F)c(/C2=C3\C=CC(=N3)/C=C3/C=CC(=N3)/C(c3c(F)c(F)c(F)c(F)c3F)=c3/cc/c([nH]3)=C(\c3c(F)c(F)c(F)c(F)c3F)C3=N/C(=C/C4C=C/C(=C(\c5c(F)c(F)c(F)c(F)c5F)c5ccc2[nH]5)N4)C=C3)c(F)c1F. The molecule has 5 aliphatic heterocycles. The minimum absolute atomic E-state index is 0.284. The Labute approximate surface area is 431 Å². The first-order valence-corrected chi connectivity index (χ1v) is 22.4. The van der Waals surface area contributed by atoms with Crippen molar-refractivity contribution in [1.82, 2.24) is 15.3 Å². The van der Waals surface area contributed by atoms with E-state index in [0.717, 1.165) is 85.0 Å². The Hall–Kier alpha value is -9.49. The van der Waals surface area contributed by atoms with E-state index in [4.69, 9.17) is 0 Å². The lowest BCUT2D eigenvalue weighted by Crippen LogP contribution is -2.24. The van der Waals surface area contributed by atoms with Crippen molar-refractivity contribution in [2.45, 2.75) is 6.04 Å². The zero-order chi connectivity index (χ0) is 57.2. The van der Waals surface area contributed by atoms with Gasteiger partial charge in [0.25, 0.3) is 0 Å². The molecule has 0 radical (unpaired) electrons. The van der Waals surface area contributed by atoms with Crippen molar-refractivity contribution in [3.63, 3.8) is 0 Å². The molecule has 26 heteroatoms. The second kappa shape index (κ2) is 19.2. The number of halogens is 20. The van der Waals surface area contributed by atoms with Crippen LogP contribution in [0, 0.1) is 116 Å². The number of fused-ring (bicyclic) bond motifs is 9. The molecule has 5 aliphatic rings. The van der Waals surface area contributed by atoms with Crippen LogP contribution < -0.4 is 16.0 Å². The molecule has 12 bridgehead atoms.